The topological polar surface area (TPSA) is 46.5 Å². The van der Waals surface area contributed by atoms with Gasteiger partial charge in [-0.15, -0.1) is 11.6 Å². The first-order valence-corrected chi connectivity index (χ1v) is 7.56. The van der Waals surface area contributed by atoms with Gasteiger partial charge in [-0.2, -0.15) is 0 Å². The fourth-order valence-corrected chi connectivity index (χ4v) is 2.34. The smallest absolute Gasteiger partial charge is 0.335 e. The molecule has 1 aromatic rings. The Kier molecular flexibility index (Phi) is 7.45. The molecule has 1 aromatic carbocycles. The summed E-state index contributed by atoms with van der Waals surface area (Å²) in [5.74, 6) is 0.402. The number of ether oxygens (including phenoxy) is 1. The number of carbonyl (C=O) groups is 1. The quantitative estimate of drug-likeness (QED) is 0.536. The number of aromatic carboxylic acids is 1. The third-order valence-electron chi connectivity index (χ3n) is 3.31. The van der Waals surface area contributed by atoms with E-state index < -0.39 is 5.97 Å². The standard InChI is InChI=1S/C16H23ClO3/c1-3-14(17)11-12(2)5-4-10-20-15-8-6-13(7-9-15)16(18)19/h6-9,12,14H,3-5,10-11H2,1-2H3,(H,18,19)/t12?,14-/m1/s1. The average Bonchev–Trinajstić information content (AvgIpc) is 2.44. The highest BCUT2D eigenvalue weighted by molar-refractivity contribution is 6.20. The van der Waals surface area contributed by atoms with E-state index in [1.54, 1.807) is 24.3 Å². The van der Waals surface area contributed by atoms with E-state index in [0.29, 0.717) is 18.3 Å². The fraction of sp³-hybridized carbons (Fsp3) is 0.562. The molecule has 0 aromatic heterocycles. The lowest BCUT2D eigenvalue weighted by atomic mass is 9.99. The number of halogens is 1. The van der Waals surface area contributed by atoms with Crippen LogP contribution in [0.25, 0.3) is 0 Å². The predicted octanol–water partition coefficient (Wildman–Crippen LogP) is 4.59. The highest BCUT2D eigenvalue weighted by Crippen LogP contribution is 2.19. The summed E-state index contributed by atoms with van der Waals surface area (Å²) in [6.45, 7) is 4.97. The summed E-state index contributed by atoms with van der Waals surface area (Å²) in [6, 6.07) is 6.50. The van der Waals surface area contributed by atoms with Gasteiger partial charge in [-0.25, -0.2) is 4.79 Å². The summed E-state index contributed by atoms with van der Waals surface area (Å²) in [5, 5.41) is 9.06. The van der Waals surface area contributed by atoms with E-state index >= 15 is 0 Å². The van der Waals surface area contributed by atoms with Gasteiger partial charge in [0.25, 0.3) is 0 Å². The molecule has 20 heavy (non-hydrogen) atoms. The van der Waals surface area contributed by atoms with Gasteiger partial charge < -0.3 is 9.84 Å². The zero-order valence-electron chi connectivity index (χ0n) is 12.1. The molecule has 0 aliphatic rings. The van der Waals surface area contributed by atoms with Crippen molar-refractivity contribution in [2.24, 2.45) is 5.92 Å². The van der Waals surface area contributed by atoms with Gasteiger partial charge >= 0.3 is 5.97 Å². The van der Waals surface area contributed by atoms with E-state index in [2.05, 4.69) is 13.8 Å². The molecule has 0 aliphatic carbocycles. The van der Waals surface area contributed by atoms with Crippen LogP contribution in [0.2, 0.25) is 0 Å². The minimum absolute atomic E-state index is 0.273. The van der Waals surface area contributed by atoms with Gasteiger partial charge in [0.2, 0.25) is 0 Å². The molecule has 0 fully saturated rings. The molecule has 0 saturated carbocycles. The third-order valence-corrected chi connectivity index (χ3v) is 3.80. The lowest BCUT2D eigenvalue weighted by molar-refractivity contribution is 0.0697. The molecule has 0 bridgehead atoms. The van der Waals surface area contributed by atoms with Crippen LogP contribution in [-0.4, -0.2) is 23.1 Å². The first-order valence-electron chi connectivity index (χ1n) is 7.13. The second kappa shape index (κ2) is 8.85. The van der Waals surface area contributed by atoms with Crippen LogP contribution in [0.3, 0.4) is 0 Å². The Morgan fingerprint density at radius 2 is 2.00 bits per heavy atom. The van der Waals surface area contributed by atoms with Gasteiger partial charge in [0.05, 0.1) is 12.2 Å². The Morgan fingerprint density at radius 3 is 2.55 bits per heavy atom. The summed E-state index contributed by atoms with van der Waals surface area (Å²) < 4.78 is 5.60. The van der Waals surface area contributed by atoms with Crippen LogP contribution in [0.4, 0.5) is 0 Å². The molecule has 0 aliphatic heterocycles. The van der Waals surface area contributed by atoms with Gasteiger partial charge in [-0.05, 0) is 55.9 Å². The zero-order valence-corrected chi connectivity index (χ0v) is 12.9. The molecule has 1 N–H and O–H groups in total. The molecular formula is C16H23ClO3. The molecule has 0 amide bonds. The summed E-state index contributed by atoms with van der Waals surface area (Å²) in [5.41, 5.74) is 0.277. The maximum Gasteiger partial charge on any atom is 0.335 e. The van der Waals surface area contributed by atoms with Crippen molar-refractivity contribution >= 4 is 17.6 Å². The van der Waals surface area contributed by atoms with Gasteiger partial charge in [0.15, 0.2) is 0 Å². The Bertz CT molecular complexity index is 403. The van der Waals surface area contributed by atoms with Crippen molar-refractivity contribution in [3.63, 3.8) is 0 Å². The predicted molar refractivity (Wildman–Crippen MR) is 81.8 cm³/mol. The molecule has 112 valence electrons. The van der Waals surface area contributed by atoms with Crippen LogP contribution < -0.4 is 4.74 Å². The van der Waals surface area contributed by atoms with Crippen molar-refractivity contribution in [2.75, 3.05) is 6.61 Å². The average molecular weight is 299 g/mol. The van der Waals surface area contributed by atoms with Gasteiger partial charge in [0, 0.05) is 5.38 Å². The molecule has 0 saturated heterocycles. The molecule has 0 radical (unpaired) electrons. The Morgan fingerprint density at radius 1 is 1.35 bits per heavy atom. The van der Waals surface area contributed by atoms with Crippen LogP contribution >= 0.6 is 11.6 Å². The van der Waals surface area contributed by atoms with E-state index in [-0.39, 0.29) is 10.9 Å². The van der Waals surface area contributed by atoms with Crippen molar-refractivity contribution in [1.29, 1.82) is 0 Å². The Balaban J connectivity index is 2.22. The first kappa shape index (κ1) is 16.8. The summed E-state index contributed by atoms with van der Waals surface area (Å²) in [6.07, 6.45) is 4.13. The molecule has 1 unspecified atom stereocenters. The summed E-state index contributed by atoms with van der Waals surface area (Å²) in [4.78, 5) is 10.7. The van der Waals surface area contributed by atoms with Gasteiger partial charge in [-0.1, -0.05) is 13.8 Å². The number of carboxylic acid groups (broad SMARTS) is 1. The van der Waals surface area contributed by atoms with Crippen molar-refractivity contribution in [3.8, 4) is 5.75 Å². The largest absolute Gasteiger partial charge is 0.494 e. The van der Waals surface area contributed by atoms with Crippen LogP contribution in [0, 0.1) is 5.92 Å². The van der Waals surface area contributed by atoms with Crippen molar-refractivity contribution in [1.82, 2.24) is 0 Å². The molecule has 4 heteroatoms. The van der Waals surface area contributed by atoms with Crippen LogP contribution in [0.1, 0.15) is 49.9 Å². The van der Waals surface area contributed by atoms with Gasteiger partial charge in [-0.3, -0.25) is 0 Å². The van der Waals surface area contributed by atoms with E-state index in [1.165, 1.54) is 0 Å². The second-order valence-electron chi connectivity index (χ2n) is 5.17. The number of carboxylic acids is 1. The van der Waals surface area contributed by atoms with Crippen molar-refractivity contribution in [3.05, 3.63) is 29.8 Å². The third kappa shape index (κ3) is 6.29. The fourth-order valence-electron chi connectivity index (χ4n) is 2.04. The van der Waals surface area contributed by atoms with Gasteiger partial charge in [0.1, 0.15) is 5.75 Å². The highest BCUT2D eigenvalue weighted by Gasteiger charge is 2.08. The van der Waals surface area contributed by atoms with Crippen LogP contribution in [0.15, 0.2) is 24.3 Å². The monoisotopic (exact) mass is 298 g/mol. The summed E-state index contributed by atoms with van der Waals surface area (Å²) in [7, 11) is 0. The Labute approximate surface area is 125 Å². The number of benzene rings is 1. The maximum absolute atomic E-state index is 10.7. The molecule has 0 heterocycles. The van der Waals surface area contributed by atoms with E-state index in [0.717, 1.165) is 25.7 Å². The van der Waals surface area contributed by atoms with Crippen LogP contribution in [0.5, 0.6) is 5.75 Å². The first-order chi connectivity index (χ1) is 9.52. The molecule has 2 atom stereocenters. The minimum Gasteiger partial charge on any atom is -0.494 e. The lowest BCUT2D eigenvalue weighted by Crippen LogP contribution is -2.07. The molecule has 3 nitrogen and oxygen atoms in total. The van der Waals surface area contributed by atoms with E-state index in [9.17, 15) is 4.79 Å². The summed E-state index contributed by atoms with van der Waals surface area (Å²) >= 11 is 6.13. The SMILES string of the molecule is CC[C@@H](Cl)CC(C)CCCOc1ccc(C(=O)O)cc1. The molecule has 1 rings (SSSR count). The normalized spacial score (nSPS) is 13.8. The number of hydrogen-bond donors (Lipinski definition) is 1. The van der Waals surface area contributed by atoms with E-state index in [4.69, 9.17) is 21.4 Å². The van der Waals surface area contributed by atoms with Crippen molar-refractivity contribution < 1.29 is 14.6 Å². The minimum atomic E-state index is -0.920. The van der Waals surface area contributed by atoms with Crippen molar-refractivity contribution in [2.45, 2.75) is 44.9 Å². The number of hydrogen-bond acceptors (Lipinski definition) is 2. The Hall–Kier alpha value is -1.22. The molecular weight excluding hydrogens is 276 g/mol. The second-order valence-corrected chi connectivity index (χ2v) is 5.78. The maximum atomic E-state index is 10.7. The zero-order chi connectivity index (χ0) is 15.0. The van der Waals surface area contributed by atoms with Crippen LogP contribution in [-0.2, 0) is 0 Å². The number of rotatable bonds is 9. The highest BCUT2D eigenvalue weighted by atomic mass is 35.5. The number of alkyl halides is 1. The van der Waals surface area contributed by atoms with E-state index in [1.807, 2.05) is 0 Å². The lowest BCUT2D eigenvalue weighted by Gasteiger charge is -2.14. The molecule has 0 spiro atoms.